The van der Waals surface area contributed by atoms with Crippen LogP contribution in [-0.4, -0.2) is 26.6 Å². The topological polar surface area (TPSA) is 63.2 Å². The van der Waals surface area contributed by atoms with Crippen LogP contribution in [0.25, 0.3) is 0 Å². The molecule has 1 aliphatic carbocycles. The molecule has 0 aromatic heterocycles. The molecule has 2 rings (SSSR count). The zero-order chi connectivity index (χ0) is 15.6. The molecule has 1 aromatic rings. The van der Waals surface area contributed by atoms with Crippen molar-refractivity contribution in [2.45, 2.75) is 43.5 Å². The van der Waals surface area contributed by atoms with Gasteiger partial charge in [0.15, 0.2) is 9.84 Å². The molecule has 0 bridgehead atoms. The summed E-state index contributed by atoms with van der Waals surface area (Å²) in [6.07, 6.45) is 5.22. The SMILES string of the molecule is CC1CCC(NC(=O)c2cc(S(C)(=O)=O)ccc2Cl)CC1. The Labute approximate surface area is 130 Å². The van der Waals surface area contributed by atoms with Gasteiger partial charge < -0.3 is 5.32 Å². The Bertz CT molecular complexity index is 634. The molecule has 0 spiro atoms. The van der Waals surface area contributed by atoms with E-state index < -0.39 is 9.84 Å². The van der Waals surface area contributed by atoms with E-state index in [1.807, 2.05) is 0 Å². The lowest BCUT2D eigenvalue weighted by Crippen LogP contribution is -2.37. The molecule has 0 heterocycles. The molecule has 1 aromatic carbocycles. The van der Waals surface area contributed by atoms with Crippen LogP contribution >= 0.6 is 11.6 Å². The number of benzene rings is 1. The summed E-state index contributed by atoms with van der Waals surface area (Å²) >= 11 is 6.03. The second-order valence-electron chi connectivity index (χ2n) is 5.84. The fraction of sp³-hybridized carbons (Fsp3) is 0.533. The van der Waals surface area contributed by atoms with Gasteiger partial charge in [0, 0.05) is 12.3 Å². The van der Waals surface area contributed by atoms with Crippen molar-refractivity contribution in [1.29, 1.82) is 0 Å². The molecule has 0 unspecified atom stereocenters. The average Bonchev–Trinajstić information content (AvgIpc) is 2.40. The number of nitrogens with one attached hydrogen (secondary N) is 1. The maximum Gasteiger partial charge on any atom is 0.253 e. The molecule has 21 heavy (non-hydrogen) atoms. The third-order valence-electron chi connectivity index (χ3n) is 3.96. The van der Waals surface area contributed by atoms with E-state index >= 15 is 0 Å². The van der Waals surface area contributed by atoms with Gasteiger partial charge >= 0.3 is 0 Å². The highest BCUT2D eigenvalue weighted by atomic mass is 35.5. The van der Waals surface area contributed by atoms with Crippen LogP contribution < -0.4 is 5.32 Å². The lowest BCUT2D eigenvalue weighted by Gasteiger charge is -2.27. The zero-order valence-electron chi connectivity index (χ0n) is 12.2. The summed E-state index contributed by atoms with van der Waals surface area (Å²) in [4.78, 5) is 12.4. The predicted octanol–water partition coefficient (Wildman–Crippen LogP) is 3.05. The van der Waals surface area contributed by atoms with Gasteiger partial charge in [0.2, 0.25) is 0 Å². The number of rotatable bonds is 3. The number of carbonyl (C=O) groups is 1. The highest BCUT2D eigenvalue weighted by Crippen LogP contribution is 2.25. The zero-order valence-corrected chi connectivity index (χ0v) is 13.8. The minimum absolute atomic E-state index is 0.106. The minimum Gasteiger partial charge on any atom is -0.349 e. The number of hydrogen-bond donors (Lipinski definition) is 1. The number of carbonyl (C=O) groups excluding carboxylic acids is 1. The van der Waals surface area contributed by atoms with E-state index in [2.05, 4.69) is 12.2 Å². The number of sulfone groups is 1. The van der Waals surface area contributed by atoms with Crippen LogP contribution in [0, 0.1) is 5.92 Å². The van der Waals surface area contributed by atoms with Crippen LogP contribution in [0.4, 0.5) is 0 Å². The Balaban J connectivity index is 2.15. The van der Waals surface area contributed by atoms with Crippen molar-refractivity contribution in [2.75, 3.05) is 6.26 Å². The molecular weight excluding hydrogens is 310 g/mol. The molecule has 0 radical (unpaired) electrons. The van der Waals surface area contributed by atoms with Crippen molar-refractivity contribution in [3.05, 3.63) is 28.8 Å². The monoisotopic (exact) mass is 329 g/mol. The van der Waals surface area contributed by atoms with Crippen LogP contribution in [0.1, 0.15) is 43.0 Å². The normalized spacial score (nSPS) is 22.8. The van der Waals surface area contributed by atoms with Gasteiger partial charge in [-0.05, 0) is 49.8 Å². The van der Waals surface area contributed by atoms with Crippen LogP contribution in [0.15, 0.2) is 23.1 Å². The first-order chi connectivity index (χ1) is 9.77. The minimum atomic E-state index is -3.35. The third-order valence-corrected chi connectivity index (χ3v) is 5.40. The standard InChI is InChI=1S/C15H20ClNO3S/c1-10-3-5-11(6-4-10)17-15(18)13-9-12(21(2,19)20)7-8-14(13)16/h7-11H,3-6H2,1-2H3,(H,17,18). The van der Waals surface area contributed by atoms with Crippen molar-refractivity contribution in [1.82, 2.24) is 5.32 Å². The van der Waals surface area contributed by atoms with E-state index in [9.17, 15) is 13.2 Å². The summed E-state index contributed by atoms with van der Waals surface area (Å²) < 4.78 is 23.1. The highest BCUT2D eigenvalue weighted by molar-refractivity contribution is 7.90. The Kier molecular flexibility index (Phi) is 4.94. The van der Waals surface area contributed by atoms with E-state index in [1.165, 1.54) is 18.2 Å². The number of amides is 1. The predicted molar refractivity (Wildman–Crippen MR) is 83.4 cm³/mol. The second kappa shape index (κ2) is 6.36. The first kappa shape index (κ1) is 16.3. The first-order valence-electron chi connectivity index (χ1n) is 7.08. The van der Waals surface area contributed by atoms with E-state index in [4.69, 9.17) is 11.6 Å². The summed E-state index contributed by atoms with van der Waals surface area (Å²) in [5.74, 6) is 0.403. The third kappa shape index (κ3) is 4.20. The van der Waals surface area contributed by atoms with Gasteiger partial charge in [-0.3, -0.25) is 4.79 Å². The molecule has 0 saturated heterocycles. The summed E-state index contributed by atoms with van der Waals surface area (Å²) in [5.41, 5.74) is 0.221. The van der Waals surface area contributed by atoms with Gasteiger partial charge in [0.25, 0.3) is 5.91 Å². The molecule has 1 N–H and O–H groups in total. The molecule has 116 valence electrons. The van der Waals surface area contributed by atoms with E-state index in [0.717, 1.165) is 31.9 Å². The lowest BCUT2D eigenvalue weighted by molar-refractivity contribution is 0.0923. The van der Waals surface area contributed by atoms with E-state index in [1.54, 1.807) is 0 Å². The Morgan fingerprint density at radius 2 is 1.86 bits per heavy atom. The molecule has 1 aliphatic rings. The Morgan fingerprint density at radius 3 is 2.43 bits per heavy atom. The lowest BCUT2D eigenvalue weighted by atomic mass is 9.87. The quantitative estimate of drug-likeness (QED) is 0.927. The first-order valence-corrected chi connectivity index (χ1v) is 9.35. The van der Waals surface area contributed by atoms with Gasteiger partial charge in [-0.2, -0.15) is 0 Å². The summed E-state index contributed by atoms with van der Waals surface area (Å²) in [7, 11) is -3.35. The fourth-order valence-electron chi connectivity index (χ4n) is 2.58. The van der Waals surface area contributed by atoms with E-state index in [-0.39, 0.29) is 27.4 Å². The summed E-state index contributed by atoms with van der Waals surface area (Å²) in [6, 6.07) is 4.36. The maximum absolute atomic E-state index is 12.3. The number of hydrogen-bond acceptors (Lipinski definition) is 3. The van der Waals surface area contributed by atoms with Crippen molar-refractivity contribution in [3.8, 4) is 0 Å². The van der Waals surface area contributed by atoms with Crippen molar-refractivity contribution in [3.63, 3.8) is 0 Å². The van der Waals surface area contributed by atoms with Crippen LogP contribution in [0.2, 0.25) is 5.02 Å². The van der Waals surface area contributed by atoms with Gasteiger partial charge in [-0.15, -0.1) is 0 Å². The van der Waals surface area contributed by atoms with Gasteiger partial charge in [0.05, 0.1) is 15.5 Å². The fourth-order valence-corrected chi connectivity index (χ4v) is 3.43. The smallest absolute Gasteiger partial charge is 0.253 e. The molecule has 0 aliphatic heterocycles. The maximum atomic E-state index is 12.3. The number of halogens is 1. The van der Waals surface area contributed by atoms with Crippen LogP contribution in [0.5, 0.6) is 0 Å². The van der Waals surface area contributed by atoms with E-state index in [0.29, 0.717) is 5.92 Å². The average molecular weight is 330 g/mol. The van der Waals surface area contributed by atoms with Crippen LogP contribution in [0.3, 0.4) is 0 Å². The van der Waals surface area contributed by atoms with Crippen molar-refractivity contribution < 1.29 is 13.2 Å². The van der Waals surface area contributed by atoms with Crippen molar-refractivity contribution >= 4 is 27.3 Å². The highest BCUT2D eigenvalue weighted by Gasteiger charge is 2.22. The molecule has 6 heteroatoms. The molecular formula is C15H20ClNO3S. The van der Waals surface area contributed by atoms with Crippen LogP contribution in [-0.2, 0) is 9.84 Å². The molecule has 4 nitrogen and oxygen atoms in total. The summed E-state index contributed by atoms with van der Waals surface area (Å²) in [5, 5.41) is 3.22. The Morgan fingerprint density at radius 1 is 1.24 bits per heavy atom. The largest absolute Gasteiger partial charge is 0.349 e. The molecule has 0 atom stereocenters. The van der Waals surface area contributed by atoms with Crippen molar-refractivity contribution in [2.24, 2.45) is 5.92 Å². The Hall–Kier alpha value is -1.07. The van der Waals surface area contributed by atoms with Gasteiger partial charge in [-0.1, -0.05) is 18.5 Å². The van der Waals surface area contributed by atoms with Gasteiger partial charge in [0.1, 0.15) is 0 Å². The molecule has 1 saturated carbocycles. The summed E-state index contributed by atoms with van der Waals surface area (Å²) in [6.45, 7) is 2.21. The second-order valence-corrected chi connectivity index (χ2v) is 8.27. The molecule has 1 amide bonds. The van der Waals surface area contributed by atoms with Gasteiger partial charge in [-0.25, -0.2) is 8.42 Å². The molecule has 1 fully saturated rings.